The van der Waals surface area contributed by atoms with Crippen LogP contribution in [0.5, 0.6) is 0 Å². The van der Waals surface area contributed by atoms with E-state index in [-0.39, 0.29) is 11.2 Å². The van der Waals surface area contributed by atoms with Crippen molar-refractivity contribution in [3.63, 3.8) is 0 Å². The number of carbonyl (C=O) groups is 1. The molecule has 0 amide bonds. The first-order valence-corrected chi connectivity index (χ1v) is 13.8. The fourth-order valence-corrected chi connectivity index (χ4v) is 8.62. The predicted molar refractivity (Wildman–Crippen MR) is 133 cm³/mol. The number of aromatic nitrogens is 1. The molecule has 34 heavy (non-hydrogen) atoms. The Balaban J connectivity index is 1.07. The first kappa shape index (κ1) is 22.4. The highest BCUT2D eigenvalue weighted by molar-refractivity contribution is 7.10. The molecule has 2 aromatic rings. The maximum absolute atomic E-state index is 13.2. The minimum atomic E-state index is -0.727. The van der Waals surface area contributed by atoms with E-state index in [1.54, 1.807) is 11.3 Å². The third-order valence-corrected chi connectivity index (χ3v) is 9.80. The number of piperazine rings is 1. The zero-order valence-corrected chi connectivity index (χ0v) is 20.7. The Labute approximate surface area is 206 Å². The molecule has 2 heterocycles. The molecule has 5 aliphatic rings. The van der Waals surface area contributed by atoms with Crippen molar-refractivity contribution in [1.29, 1.82) is 5.26 Å². The number of rotatable bonds is 7. The summed E-state index contributed by atoms with van der Waals surface area (Å²) < 4.78 is 0. The number of hydrogen-bond acceptors (Lipinski definition) is 6. The Morgan fingerprint density at radius 2 is 1.65 bits per heavy atom. The van der Waals surface area contributed by atoms with E-state index in [9.17, 15) is 10.1 Å². The van der Waals surface area contributed by atoms with Gasteiger partial charge in [-0.25, -0.2) is 4.98 Å². The van der Waals surface area contributed by atoms with E-state index in [0.29, 0.717) is 6.54 Å². The lowest BCUT2D eigenvalue weighted by Gasteiger charge is -2.56. The molecular formula is C28H34N4OS. The van der Waals surface area contributed by atoms with Crippen LogP contribution in [0.3, 0.4) is 0 Å². The zero-order valence-electron chi connectivity index (χ0n) is 19.9. The summed E-state index contributed by atoms with van der Waals surface area (Å²) in [6, 6.07) is 12.8. The van der Waals surface area contributed by atoms with Gasteiger partial charge in [0, 0.05) is 43.5 Å². The van der Waals surface area contributed by atoms with Gasteiger partial charge in [0.25, 0.3) is 0 Å². The van der Waals surface area contributed by atoms with E-state index in [1.165, 1.54) is 49.8 Å². The van der Waals surface area contributed by atoms with Crippen LogP contribution in [0, 0.1) is 29.1 Å². The summed E-state index contributed by atoms with van der Waals surface area (Å²) in [6.45, 7) is 4.94. The first-order valence-electron chi connectivity index (χ1n) is 13.0. The molecule has 7 rings (SSSR count). The fraction of sp³-hybridized carbons (Fsp3) is 0.607. The van der Waals surface area contributed by atoms with Crippen molar-refractivity contribution < 1.29 is 4.79 Å². The Bertz CT molecular complexity index is 1030. The molecule has 5 fully saturated rings. The molecule has 0 radical (unpaired) electrons. The van der Waals surface area contributed by atoms with Crippen molar-refractivity contribution in [1.82, 2.24) is 14.8 Å². The van der Waals surface area contributed by atoms with E-state index >= 15 is 0 Å². The van der Waals surface area contributed by atoms with Gasteiger partial charge in [0.1, 0.15) is 5.01 Å². The average molecular weight is 475 g/mol. The molecule has 178 valence electrons. The number of ketones is 1. The summed E-state index contributed by atoms with van der Waals surface area (Å²) in [6.07, 6.45) is 8.03. The van der Waals surface area contributed by atoms with Crippen LogP contribution in [-0.4, -0.2) is 53.3 Å². The van der Waals surface area contributed by atoms with Gasteiger partial charge in [-0.1, -0.05) is 30.3 Å². The largest absolute Gasteiger partial charge is 0.297 e. The highest BCUT2D eigenvalue weighted by Crippen LogP contribution is 2.60. The molecular weight excluding hydrogens is 440 g/mol. The first-order chi connectivity index (χ1) is 16.6. The molecule has 1 aromatic carbocycles. The van der Waals surface area contributed by atoms with Crippen LogP contribution in [0.15, 0.2) is 35.7 Å². The Kier molecular flexibility index (Phi) is 6.05. The normalized spacial score (nSPS) is 31.9. The summed E-state index contributed by atoms with van der Waals surface area (Å²) >= 11 is 1.54. The van der Waals surface area contributed by atoms with Gasteiger partial charge in [0.15, 0.2) is 11.7 Å². The van der Waals surface area contributed by atoms with Gasteiger partial charge in [0.2, 0.25) is 0 Å². The average Bonchev–Trinajstić information content (AvgIpc) is 3.32. The second-order valence-corrected chi connectivity index (χ2v) is 12.2. The van der Waals surface area contributed by atoms with Crippen LogP contribution in [0.2, 0.25) is 0 Å². The number of thiazole rings is 1. The van der Waals surface area contributed by atoms with Crippen molar-refractivity contribution >= 4 is 17.1 Å². The van der Waals surface area contributed by atoms with Crippen LogP contribution in [0.1, 0.15) is 60.7 Å². The van der Waals surface area contributed by atoms with E-state index in [2.05, 4.69) is 45.5 Å². The fourth-order valence-electron chi connectivity index (χ4n) is 7.61. The zero-order chi connectivity index (χ0) is 23.1. The van der Waals surface area contributed by atoms with Crippen molar-refractivity contribution in [2.75, 3.05) is 32.7 Å². The molecule has 1 atom stereocenters. The predicted octanol–water partition coefficient (Wildman–Crippen LogP) is 4.60. The molecule has 5 nitrogen and oxygen atoms in total. The maximum Gasteiger partial charge on any atom is 0.170 e. The van der Waals surface area contributed by atoms with Crippen LogP contribution in [0.25, 0.3) is 0 Å². The summed E-state index contributed by atoms with van der Waals surface area (Å²) in [5, 5.41) is 12.8. The number of nitrogens with zero attached hydrogens (tertiary/aromatic N) is 4. The number of carbonyl (C=O) groups excluding carboxylic acids is 1. The second-order valence-electron chi connectivity index (χ2n) is 11.3. The Morgan fingerprint density at radius 1 is 1.03 bits per heavy atom. The summed E-state index contributed by atoms with van der Waals surface area (Å²) in [7, 11) is 0. The van der Waals surface area contributed by atoms with Gasteiger partial charge in [0.05, 0.1) is 18.3 Å². The lowest BCUT2D eigenvalue weighted by molar-refractivity contribution is -0.121. The molecule has 4 aliphatic carbocycles. The van der Waals surface area contributed by atoms with Crippen molar-refractivity contribution in [3.8, 4) is 6.07 Å². The van der Waals surface area contributed by atoms with Gasteiger partial charge in [-0.05, 0) is 61.8 Å². The highest BCUT2D eigenvalue weighted by Gasteiger charge is 2.52. The monoisotopic (exact) mass is 474 g/mol. The summed E-state index contributed by atoms with van der Waals surface area (Å²) in [4.78, 5) is 22.8. The van der Waals surface area contributed by atoms with Crippen LogP contribution in [-0.2, 0) is 16.8 Å². The van der Waals surface area contributed by atoms with E-state index < -0.39 is 5.92 Å². The summed E-state index contributed by atoms with van der Waals surface area (Å²) in [5.74, 6) is 1.88. The van der Waals surface area contributed by atoms with E-state index in [0.717, 1.165) is 55.5 Å². The number of hydrogen-bond donors (Lipinski definition) is 0. The third kappa shape index (κ3) is 4.34. The molecule has 1 saturated heterocycles. The van der Waals surface area contributed by atoms with Crippen LogP contribution >= 0.6 is 11.3 Å². The summed E-state index contributed by atoms with van der Waals surface area (Å²) in [5.41, 5.74) is 2.74. The van der Waals surface area contributed by atoms with Crippen LogP contribution in [0.4, 0.5) is 0 Å². The van der Waals surface area contributed by atoms with Gasteiger partial charge >= 0.3 is 0 Å². The molecule has 0 unspecified atom stereocenters. The third-order valence-electron chi connectivity index (χ3n) is 8.89. The standard InChI is InChI=1S/C28H34N4OS/c29-16-24(25(33)18-32-8-6-31(7-9-32)17-20-4-2-1-3-5-20)27-30-26(19-34-27)28-13-21-10-22(14-28)12-23(11-21)15-28/h1-5,19,21-24H,6-15,17-18H2/t21?,22?,23?,24-,28?/m1/s1. The second kappa shape index (κ2) is 9.18. The van der Waals surface area contributed by atoms with Gasteiger partial charge in [-0.2, -0.15) is 5.26 Å². The van der Waals surface area contributed by atoms with E-state index in [1.807, 2.05) is 6.07 Å². The lowest BCUT2D eigenvalue weighted by Crippen LogP contribution is -2.48. The van der Waals surface area contributed by atoms with Gasteiger partial charge < -0.3 is 0 Å². The SMILES string of the molecule is N#C[C@H](C(=O)CN1CCN(Cc2ccccc2)CC1)c1nc(C23CC4CC(CC(C4)C2)C3)cs1. The quantitative estimate of drug-likeness (QED) is 0.587. The van der Waals surface area contributed by atoms with Crippen LogP contribution < -0.4 is 0 Å². The highest BCUT2D eigenvalue weighted by atomic mass is 32.1. The molecule has 4 bridgehead atoms. The smallest absolute Gasteiger partial charge is 0.170 e. The van der Waals surface area contributed by atoms with Crippen molar-refractivity contribution in [2.45, 2.75) is 56.4 Å². The molecule has 0 N–H and O–H groups in total. The van der Waals surface area contributed by atoms with Crippen molar-refractivity contribution in [3.05, 3.63) is 52.0 Å². The molecule has 4 saturated carbocycles. The van der Waals surface area contributed by atoms with Gasteiger partial charge in [-0.3, -0.25) is 14.6 Å². The minimum Gasteiger partial charge on any atom is -0.297 e. The Morgan fingerprint density at radius 3 is 2.26 bits per heavy atom. The minimum absolute atomic E-state index is 0.00502. The number of nitriles is 1. The topological polar surface area (TPSA) is 60.2 Å². The molecule has 6 heteroatoms. The molecule has 1 aromatic heterocycles. The van der Waals surface area contributed by atoms with E-state index in [4.69, 9.17) is 4.98 Å². The Hall–Kier alpha value is -2.07. The van der Waals surface area contributed by atoms with Crippen molar-refractivity contribution in [2.24, 2.45) is 17.8 Å². The number of Topliss-reactive ketones (excluding diaryl/α,β-unsaturated/α-hetero) is 1. The van der Waals surface area contributed by atoms with Gasteiger partial charge in [-0.15, -0.1) is 11.3 Å². The molecule has 0 spiro atoms. The maximum atomic E-state index is 13.2. The lowest BCUT2D eigenvalue weighted by atomic mass is 9.49. The number of benzene rings is 1. The molecule has 1 aliphatic heterocycles.